The third-order valence-corrected chi connectivity index (χ3v) is 5.23. The highest BCUT2D eigenvalue weighted by Crippen LogP contribution is 2.19. The average molecular weight is 368 g/mol. The molecule has 5 nitrogen and oxygen atoms in total. The van der Waals surface area contributed by atoms with Gasteiger partial charge in [0.1, 0.15) is 11.6 Å². The quantitative estimate of drug-likeness (QED) is 0.716. The molecule has 6 heteroatoms. The summed E-state index contributed by atoms with van der Waals surface area (Å²) in [6, 6.07) is 11.1. The molecule has 3 aromatic rings. The minimum Gasteiger partial charge on any atom is -0.468 e. The van der Waals surface area contributed by atoms with E-state index >= 15 is 0 Å². The highest BCUT2D eigenvalue weighted by Gasteiger charge is 2.22. The maximum atomic E-state index is 13.1. The Morgan fingerprint density at radius 3 is 2.70 bits per heavy atom. The molecular formula is C21H25FN4O. The summed E-state index contributed by atoms with van der Waals surface area (Å²) in [4.78, 5) is 2.44. The first-order valence-electron chi connectivity index (χ1n) is 9.48. The van der Waals surface area contributed by atoms with Crippen LogP contribution in [0.15, 0.2) is 59.5 Å². The second kappa shape index (κ2) is 8.06. The molecule has 0 aliphatic carbocycles. The first-order chi connectivity index (χ1) is 13.2. The molecule has 1 aromatic carbocycles. The monoisotopic (exact) mass is 368 g/mol. The first-order valence-corrected chi connectivity index (χ1v) is 9.48. The molecule has 1 fully saturated rings. The van der Waals surface area contributed by atoms with Crippen molar-refractivity contribution in [2.75, 3.05) is 13.1 Å². The molecule has 142 valence electrons. The Hall–Kier alpha value is -2.44. The van der Waals surface area contributed by atoms with E-state index in [9.17, 15) is 4.39 Å². The summed E-state index contributed by atoms with van der Waals surface area (Å²) in [5.41, 5.74) is 2.00. The lowest BCUT2D eigenvalue weighted by Gasteiger charge is -2.33. The molecule has 2 aromatic heterocycles. The lowest BCUT2D eigenvalue weighted by atomic mass is 10.0. The fourth-order valence-corrected chi connectivity index (χ4v) is 3.63. The van der Waals surface area contributed by atoms with Crippen LogP contribution >= 0.6 is 0 Å². The van der Waals surface area contributed by atoms with Crippen molar-refractivity contribution in [1.82, 2.24) is 20.0 Å². The van der Waals surface area contributed by atoms with Crippen molar-refractivity contribution in [2.45, 2.75) is 38.4 Å². The number of likely N-dealkylation sites (tertiary alicyclic amines) is 1. The van der Waals surface area contributed by atoms with Gasteiger partial charge in [-0.05, 0) is 56.2 Å². The number of piperidine rings is 1. The van der Waals surface area contributed by atoms with Gasteiger partial charge in [-0.2, -0.15) is 5.10 Å². The van der Waals surface area contributed by atoms with Gasteiger partial charge in [0.2, 0.25) is 0 Å². The Morgan fingerprint density at radius 1 is 1.22 bits per heavy atom. The Morgan fingerprint density at radius 2 is 2.00 bits per heavy atom. The number of nitrogens with one attached hydrogen (secondary N) is 1. The van der Waals surface area contributed by atoms with Crippen LogP contribution in [-0.4, -0.2) is 33.8 Å². The van der Waals surface area contributed by atoms with Crippen LogP contribution in [0.3, 0.4) is 0 Å². The summed E-state index contributed by atoms with van der Waals surface area (Å²) in [5.74, 6) is 0.794. The van der Waals surface area contributed by atoms with Crippen molar-refractivity contribution in [3.8, 4) is 5.69 Å². The minimum atomic E-state index is -0.237. The van der Waals surface area contributed by atoms with E-state index in [1.165, 1.54) is 12.1 Å². The zero-order chi connectivity index (χ0) is 18.6. The summed E-state index contributed by atoms with van der Waals surface area (Å²) in [5, 5.41) is 8.14. The molecule has 0 radical (unpaired) electrons. The predicted molar refractivity (Wildman–Crippen MR) is 102 cm³/mol. The number of hydrogen-bond acceptors (Lipinski definition) is 4. The second-order valence-corrected chi connectivity index (χ2v) is 7.21. The molecule has 0 bridgehead atoms. The van der Waals surface area contributed by atoms with Gasteiger partial charge in [0.25, 0.3) is 0 Å². The summed E-state index contributed by atoms with van der Waals surface area (Å²) in [6.07, 6.45) is 7.87. The van der Waals surface area contributed by atoms with Crippen LogP contribution in [0.25, 0.3) is 5.69 Å². The molecule has 4 rings (SSSR count). The Kier molecular flexibility index (Phi) is 5.36. The lowest BCUT2D eigenvalue weighted by molar-refractivity contribution is 0.174. The van der Waals surface area contributed by atoms with Crippen molar-refractivity contribution >= 4 is 0 Å². The van der Waals surface area contributed by atoms with Gasteiger partial charge in [0, 0.05) is 36.9 Å². The van der Waals surface area contributed by atoms with Crippen molar-refractivity contribution in [3.05, 3.63) is 72.2 Å². The molecule has 27 heavy (non-hydrogen) atoms. The van der Waals surface area contributed by atoms with Gasteiger partial charge in [-0.25, -0.2) is 9.07 Å². The van der Waals surface area contributed by atoms with Crippen LogP contribution in [0.4, 0.5) is 4.39 Å². The second-order valence-electron chi connectivity index (χ2n) is 7.21. The van der Waals surface area contributed by atoms with Crippen LogP contribution in [0.5, 0.6) is 0 Å². The molecule has 0 spiro atoms. The van der Waals surface area contributed by atoms with E-state index in [4.69, 9.17) is 4.42 Å². The Bertz CT molecular complexity index is 835. The normalized spacial score (nSPS) is 17.3. The summed E-state index contributed by atoms with van der Waals surface area (Å²) < 4.78 is 20.3. The number of halogens is 1. The van der Waals surface area contributed by atoms with E-state index in [-0.39, 0.29) is 11.9 Å². The van der Waals surface area contributed by atoms with Crippen LogP contribution in [0, 0.1) is 5.82 Å². The molecule has 1 saturated heterocycles. The molecule has 1 N–H and O–H groups in total. The molecule has 0 amide bonds. The maximum Gasteiger partial charge on any atom is 0.123 e. The van der Waals surface area contributed by atoms with Gasteiger partial charge in [0.15, 0.2) is 0 Å². The minimum absolute atomic E-state index is 0.223. The summed E-state index contributed by atoms with van der Waals surface area (Å²) in [6.45, 7) is 5.20. The van der Waals surface area contributed by atoms with E-state index in [1.807, 2.05) is 24.5 Å². The van der Waals surface area contributed by atoms with E-state index < -0.39 is 0 Å². The largest absolute Gasteiger partial charge is 0.468 e. The molecule has 1 aliphatic rings. The van der Waals surface area contributed by atoms with Crippen LogP contribution in [0.1, 0.15) is 37.1 Å². The third kappa shape index (κ3) is 4.46. The van der Waals surface area contributed by atoms with E-state index in [1.54, 1.807) is 23.1 Å². The van der Waals surface area contributed by atoms with Crippen molar-refractivity contribution in [2.24, 2.45) is 0 Å². The van der Waals surface area contributed by atoms with Gasteiger partial charge < -0.3 is 9.73 Å². The number of aromatic nitrogens is 2. The SMILES string of the molecule is CC(NC1CCN(Cc2ccco2)CC1)c1cnn(-c2ccc(F)cc2)c1. The zero-order valence-electron chi connectivity index (χ0n) is 15.5. The topological polar surface area (TPSA) is 46.2 Å². The Balaban J connectivity index is 1.29. The number of benzene rings is 1. The van der Waals surface area contributed by atoms with Gasteiger partial charge in [-0.15, -0.1) is 0 Å². The molecular weight excluding hydrogens is 343 g/mol. The molecule has 1 aliphatic heterocycles. The Labute approximate surface area is 158 Å². The zero-order valence-corrected chi connectivity index (χ0v) is 15.5. The number of rotatable bonds is 6. The maximum absolute atomic E-state index is 13.1. The predicted octanol–water partition coefficient (Wildman–Crippen LogP) is 3.92. The smallest absolute Gasteiger partial charge is 0.123 e. The average Bonchev–Trinajstić information content (AvgIpc) is 3.36. The standard InChI is InChI=1S/C21H25FN4O/c1-16(17-13-23-26(14-17)20-6-4-18(22)5-7-20)24-19-8-10-25(11-9-19)15-21-3-2-12-27-21/h2-7,12-14,16,19,24H,8-11,15H2,1H3. The summed E-state index contributed by atoms with van der Waals surface area (Å²) >= 11 is 0. The molecule has 3 heterocycles. The summed E-state index contributed by atoms with van der Waals surface area (Å²) in [7, 11) is 0. The van der Waals surface area contributed by atoms with Crippen molar-refractivity contribution in [1.29, 1.82) is 0 Å². The number of furan rings is 1. The van der Waals surface area contributed by atoms with Gasteiger partial charge in [0.05, 0.1) is 24.7 Å². The molecule has 1 atom stereocenters. The van der Waals surface area contributed by atoms with Gasteiger partial charge in [-0.1, -0.05) is 0 Å². The number of nitrogens with zero attached hydrogens (tertiary/aromatic N) is 3. The first kappa shape index (κ1) is 17.9. The van der Waals surface area contributed by atoms with Crippen LogP contribution < -0.4 is 5.32 Å². The van der Waals surface area contributed by atoms with E-state index in [2.05, 4.69) is 22.2 Å². The van der Waals surface area contributed by atoms with Gasteiger partial charge in [-0.3, -0.25) is 4.90 Å². The third-order valence-electron chi connectivity index (χ3n) is 5.23. The van der Waals surface area contributed by atoms with Gasteiger partial charge >= 0.3 is 0 Å². The van der Waals surface area contributed by atoms with Crippen molar-refractivity contribution < 1.29 is 8.81 Å². The van der Waals surface area contributed by atoms with Crippen LogP contribution in [-0.2, 0) is 6.54 Å². The molecule has 0 saturated carbocycles. The highest BCUT2D eigenvalue weighted by atomic mass is 19.1. The van der Waals surface area contributed by atoms with E-state index in [0.29, 0.717) is 6.04 Å². The highest BCUT2D eigenvalue weighted by molar-refractivity contribution is 5.32. The lowest BCUT2D eigenvalue weighted by Crippen LogP contribution is -2.42. The molecule has 1 unspecified atom stereocenters. The van der Waals surface area contributed by atoms with E-state index in [0.717, 1.165) is 49.5 Å². The van der Waals surface area contributed by atoms with Crippen LogP contribution in [0.2, 0.25) is 0 Å². The number of hydrogen-bond donors (Lipinski definition) is 1. The van der Waals surface area contributed by atoms with Crippen molar-refractivity contribution in [3.63, 3.8) is 0 Å². The fourth-order valence-electron chi connectivity index (χ4n) is 3.63. The fraction of sp³-hybridized carbons (Fsp3) is 0.381.